The van der Waals surface area contributed by atoms with Gasteiger partial charge in [-0.1, -0.05) is 28.9 Å². The lowest BCUT2D eigenvalue weighted by Crippen LogP contribution is -1.97. The molecule has 1 heterocycles. The molecule has 0 saturated carbocycles. The van der Waals surface area contributed by atoms with Gasteiger partial charge in [0.1, 0.15) is 11.4 Å². The maximum atomic E-state index is 6.21. The van der Waals surface area contributed by atoms with Crippen LogP contribution in [0.2, 0.25) is 5.02 Å². The van der Waals surface area contributed by atoms with Gasteiger partial charge in [-0.3, -0.25) is 0 Å². The molecular weight excluding hydrogens is 300 g/mol. The van der Waals surface area contributed by atoms with Gasteiger partial charge in [-0.05, 0) is 37.3 Å². The third-order valence-electron chi connectivity index (χ3n) is 3.17. The fourth-order valence-corrected chi connectivity index (χ4v) is 2.45. The number of hydrogen-bond donors (Lipinski definition) is 1. The molecule has 22 heavy (non-hydrogen) atoms. The zero-order valence-electron chi connectivity index (χ0n) is 12.0. The van der Waals surface area contributed by atoms with E-state index in [0.29, 0.717) is 17.3 Å². The van der Waals surface area contributed by atoms with Crippen LogP contribution in [0.3, 0.4) is 0 Å². The minimum Gasteiger partial charge on any atom is -0.493 e. The number of nitrogens with zero attached hydrogens (tertiary/aromatic N) is 3. The average molecular weight is 315 g/mol. The monoisotopic (exact) mass is 314 g/mol. The summed E-state index contributed by atoms with van der Waals surface area (Å²) in [5.74, 6) is 0.778. The minimum absolute atomic E-state index is 0.523. The molecule has 0 amide bonds. The van der Waals surface area contributed by atoms with Gasteiger partial charge in [0.25, 0.3) is 0 Å². The van der Waals surface area contributed by atoms with E-state index in [1.807, 2.05) is 43.5 Å². The molecule has 0 radical (unpaired) electrons. The number of ether oxygens (including phenoxy) is 1. The first kappa shape index (κ1) is 14.4. The van der Waals surface area contributed by atoms with Crippen molar-refractivity contribution in [1.29, 1.82) is 0 Å². The summed E-state index contributed by atoms with van der Waals surface area (Å²) in [5.41, 5.74) is 8.65. The Kier molecular flexibility index (Phi) is 3.98. The van der Waals surface area contributed by atoms with Gasteiger partial charge < -0.3 is 10.5 Å². The molecule has 0 spiro atoms. The average Bonchev–Trinajstić information content (AvgIpc) is 2.97. The Balaban J connectivity index is 2.01. The predicted molar refractivity (Wildman–Crippen MR) is 87.4 cm³/mol. The summed E-state index contributed by atoms with van der Waals surface area (Å²) >= 11 is 6.21. The quantitative estimate of drug-likeness (QED) is 0.748. The highest BCUT2D eigenvalue weighted by atomic mass is 35.5. The highest BCUT2D eigenvalue weighted by Gasteiger charge is 2.12. The first-order valence-electron chi connectivity index (χ1n) is 6.89. The van der Waals surface area contributed by atoms with Gasteiger partial charge in [-0.15, -0.1) is 5.10 Å². The van der Waals surface area contributed by atoms with Crippen LogP contribution in [0.5, 0.6) is 5.75 Å². The lowest BCUT2D eigenvalue weighted by atomic mass is 10.1. The molecule has 5 nitrogen and oxygen atoms in total. The number of rotatable bonds is 4. The molecule has 0 atom stereocenters. The van der Waals surface area contributed by atoms with Crippen LogP contribution < -0.4 is 10.5 Å². The SMILES string of the molecule is CCOc1ccccc1-c1cn(-c2ccc(N)cc2Cl)nn1. The van der Waals surface area contributed by atoms with E-state index in [4.69, 9.17) is 22.1 Å². The van der Waals surface area contributed by atoms with Crippen LogP contribution in [0.15, 0.2) is 48.7 Å². The maximum absolute atomic E-state index is 6.21. The van der Waals surface area contributed by atoms with E-state index in [1.165, 1.54) is 0 Å². The predicted octanol–water partition coefficient (Wildman–Crippen LogP) is 3.57. The normalized spacial score (nSPS) is 10.6. The Hall–Kier alpha value is -2.53. The number of nitrogens with two attached hydrogens (primary N) is 1. The summed E-state index contributed by atoms with van der Waals surface area (Å²) in [6, 6.07) is 13.0. The van der Waals surface area contributed by atoms with Gasteiger partial charge in [0, 0.05) is 11.3 Å². The van der Waals surface area contributed by atoms with Gasteiger partial charge in [0.15, 0.2) is 0 Å². The molecule has 0 bridgehead atoms. The van der Waals surface area contributed by atoms with Gasteiger partial charge >= 0.3 is 0 Å². The molecular formula is C16H15ClN4O. The van der Waals surface area contributed by atoms with E-state index in [-0.39, 0.29) is 0 Å². The van der Waals surface area contributed by atoms with Crippen molar-refractivity contribution in [1.82, 2.24) is 15.0 Å². The number of nitrogen functional groups attached to an aromatic ring is 1. The molecule has 2 aromatic carbocycles. The first-order valence-corrected chi connectivity index (χ1v) is 7.26. The molecule has 0 aliphatic heterocycles. The maximum Gasteiger partial charge on any atom is 0.128 e. The van der Waals surface area contributed by atoms with Crippen molar-refractivity contribution < 1.29 is 4.74 Å². The molecule has 3 rings (SSSR count). The van der Waals surface area contributed by atoms with E-state index >= 15 is 0 Å². The smallest absolute Gasteiger partial charge is 0.128 e. The summed E-state index contributed by atoms with van der Waals surface area (Å²) in [5, 5.41) is 8.88. The van der Waals surface area contributed by atoms with Crippen LogP contribution in [0.25, 0.3) is 16.9 Å². The Morgan fingerprint density at radius 3 is 2.82 bits per heavy atom. The molecule has 0 saturated heterocycles. The molecule has 1 aromatic heterocycles. The second kappa shape index (κ2) is 6.07. The molecule has 2 N–H and O–H groups in total. The van der Waals surface area contributed by atoms with E-state index in [2.05, 4.69) is 10.3 Å². The highest BCUT2D eigenvalue weighted by molar-refractivity contribution is 6.32. The molecule has 0 unspecified atom stereocenters. The molecule has 3 aromatic rings. The number of halogens is 1. The molecule has 6 heteroatoms. The first-order chi connectivity index (χ1) is 10.7. The van der Waals surface area contributed by atoms with Crippen LogP contribution >= 0.6 is 11.6 Å². The fourth-order valence-electron chi connectivity index (χ4n) is 2.17. The van der Waals surface area contributed by atoms with E-state index in [1.54, 1.807) is 16.8 Å². The molecule has 0 aliphatic rings. The van der Waals surface area contributed by atoms with Crippen LogP contribution in [0.4, 0.5) is 5.69 Å². The van der Waals surface area contributed by atoms with Crippen molar-refractivity contribution in [2.75, 3.05) is 12.3 Å². The number of benzene rings is 2. The molecule has 112 valence electrons. The third kappa shape index (κ3) is 2.76. The van der Waals surface area contributed by atoms with Crippen molar-refractivity contribution in [3.05, 3.63) is 53.7 Å². The number of anilines is 1. The topological polar surface area (TPSA) is 66.0 Å². The third-order valence-corrected chi connectivity index (χ3v) is 3.48. The lowest BCUT2D eigenvalue weighted by molar-refractivity contribution is 0.341. The van der Waals surface area contributed by atoms with Crippen LogP contribution in [-0.2, 0) is 0 Å². The number of aromatic nitrogens is 3. The summed E-state index contributed by atoms with van der Waals surface area (Å²) < 4.78 is 7.25. The second-order valence-corrected chi connectivity index (χ2v) is 5.10. The van der Waals surface area contributed by atoms with Crippen LogP contribution in [0.1, 0.15) is 6.92 Å². The zero-order chi connectivity index (χ0) is 15.5. The minimum atomic E-state index is 0.523. The Morgan fingerprint density at radius 1 is 1.23 bits per heavy atom. The standard InChI is InChI=1S/C16H15ClN4O/c1-2-22-16-6-4-3-5-12(16)14-10-21(20-19-14)15-8-7-11(18)9-13(15)17/h3-10H,2,18H2,1H3. The van der Waals surface area contributed by atoms with E-state index in [9.17, 15) is 0 Å². The summed E-state index contributed by atoms with van der Waals surface area (Å²) in [7, 11) is 0. The summed E-state index contributed by atoms with van der Waals surface area (Å²) in [4.78, 5) is 0. The summed E-state index contributed by atoms with van der Waals surface area (Å²) in [6.45, 7) is 2.54. The van der Waals surface area contributed by atoms with Crippen molar-refractivity contribution in [2.45, 2.75) is 6.92 Å². The van der Waals surface area contributed by atoms with Gasteiger partial charge in [-0.2, -0.15) is 0 Å². The van der Waals surface area contributed by atoms with Crippen molar-refractivity contribution in [3.63, 3.8) is 0 Å². The summed E-state index contributed by atoms with van der Waals surface area (Å²) in [6.07, 6.45) is 1.81. The molecule has 0 aliphatic carbocycles. The Labute approximate surface area is 133 Å². The van der Waals surface area contributed by atoms with Crippen molar-refractivity contribution >= 4 is 17.3 Å². The largest absolute Gasteiger partial charge is 0.493 e. The lowest BCUT2D eigenvalue weighted by Gasteiger charge is -2.07. The van der Waals surface area contributed by atoms with Crippen LogP contribution in [-0.4, -0.2) is 21.6 Å². The van der Waals surface area contributed by atoms with E-state index < -0.39 is 0 Å². The number of para-hydroxylation sites is 1. The van der Waals surface area contributed by atoms with Gasteiger partial charge in [-0.25, -0.2) is 4.68 Å². The number of hydrogen-bond acceptors (Lipinski definition) is 4. The Morgan fingerprint density at radius 2 is 2.05 bits per heavy atom. The van der Waals surface area contributed by atoms with Gasteiger partial charge in [0.05, 0.1) is 23.5 Å². The fraction of sp³-hybridized carbons (Fsp3) is 0.125. The highest BCUT2D eigenvalue weighted by Crippen LogP contribution is 2.29. The Bertz CT molecular complexity index is 800. The zero-order valence-corrected chi connectivity index (χ0v) is 12.8. The van der Waals surface area contributed by atoms with Crippen molar-refractivity contribution in [2.24, 2.45) is 0 Å². The van der Waals surface area contributed by atoms with Crippen LogP contribution in [0, 0.1) is 0 Å². The molecule has 0 fully saturated rings. The van der Waals surface area contributed by atoms with Gasteiger partial charge in [0.2, 0.25) is 0 Å². The van der Waals surface area contributed by atoms with E-state index in [0.717, 1.165) is 22.7 Å². The van der Waals surface area contributed by atoms with Crippen molar-refractivity contribution in [3.8, 4) is 22.7 Å². The second-order valence-electron chi connectivity index (χ2n) is 4.69.